The molecule has 0 atom stereocenters. The summed E-state index contributed by atoms with van der Waals surface area (Å²) < 4.78 is 14.9. The zero-order chi connectivity index (χ0) is 14.7. The minimum Gasteiger partial charge on any atom is -0.394 e. The number of hydrogen-bond donors (Lipinski definition) is 1. The van der Waals surface area contributed by atoms with Crippen molar-refractivity contribution in [2.45, 2.75) is 26.7 Å². The van der Waals surface area contributed by atoms with Gasteiger partial charge in [-0.3, -0.25) is 4.68 Å². The summed E-state index contributed by atoms with van der Waals surface area (Å²) in [7, 11) is 1.89. The number of rotatable bonds is 5. The Labute approximate surface area is 119 Å². The van der Waals surface area contributed by atoms with Crippen LogP contribution in [0.3, 0.4) is 0 Å². The Morgan fingerprint density at radius 1 is 1.25 bits per heavy atom. The maximum Gasteiger partial charge on any atom is 0.154 e. The summed E-state index contributed by atoms with van der Waals surface area (Å²) in [6, 6.07) is 6.42. The maximum atomic E-state index is 13.1. The molecule has 0 saturated heterocycles. The molecule has 0 saturated carbocycles. The minimum atomic E-state index is -0.241. The van der Waals surface area contributed by atoms with Crippen LogP contribution < -0.4 is 10.6 Å². The lowest BCUT2D eigenvalue weighted by molar-refractivity contribution is 0.627. The summed E-state index contributed by atoms with van der Waals surface area (Å²) in [5.41, 5.74) is 8.77. The number of nitrogens with zero attached hydrogens (tertiary/aromatic N) is 3. The molecule has 0 fully saturated rings. The normalized spacial score (nSPS) is 10.8. The first-order valence-corrected chi connectivity index (χ1v) is 6.92. The molecule has 0 aliphatic rings. The van der Waals surface area contributed by atoms with E-state index in [0.29, 0.717) is 5.69 Å². The van der Waals surface area contributed by atoms with E-state index in [1.807, 2.05) is 18.9 Å². The van der Waals surface area contributed by atoms with Gasteiger partial charge >= 0.3 is 0 Å². The van der Waals surface area contributed by atoms with Crippen LogP contribution >= 0.6 is 0 Å². The van der Waals surface area contributed by atoms with Gasteiger partial charge in [0.1, 0.15) is 5.82 Å². The third-order valence-electron chi connectivity index (χ3n) is 3.33. The van der Waals surface area contributed by atoms with Crippen LogP contribution in [-0.4, -0.2) is 16.3 Å². The number of aromatic nitrogens is 2. The third kappa shape index (κ3) is 2.61. The topological polar surface area (TPSA) is 47.1 Å². The first kappa shape index (κ1) is 14.4. The molecule has 1 heterocycles. The van der Waals surface area contributed by atoms with Gasteiger partial charge in [-0.2, -0.15) is 5.10 Å². The highest BCUT2D eigenvalue weighted by molar-refractivity contribution is 5.73. The van der Waals surface area contributed by atoms with Gasteiger partial charge in [-0.25, -0.2) is 4.39 Å². The Balaban J connectivity index is 2.44. The van der Waals surface area contributed by atoms with Crippen molar-refractivity contribution in [3.63, 3.8) is 0 Å². The van der Waals surface area contributed by atoms with Crippen LogP contribution in [0.2, 0.25) is 0 Å². The van der Waals surface area contributed by atoms with E-state index in [2.05, 4.69) is 12.0 Å². The molecule has 108 valence electrons. The molecule has 2 rings (SSSR count). The highest BCUT2D eigenvalue weighted by atomic mass is 19.1. The molecule has 0 aliphatic heterocycles. The highest BCUT2D eigenvalue weighted by Crippen LogP contribution is 2.32. The summed E-state index contributed by atoms with van der Waals surface area (Å²) in [4.78, 5) is 2.04. The fraction of sp³-hybridized carbons (Fsp3) is 0.400. The standard InChI is InChI=1S/C15H21FN4/c1-4-6-13-14(17)15(19(3)18-13)20(5-2)12-9-7-11(16)8-10-12/h7-10H,4-6,17H2,1-3H3. The first-order chi connectivity index (χ1) is 9.58. The number of hydrogen-bond acceptors (Lipinski definition) is 3. The fourth-order valence-corrected chi connectivity index (χ4v) is 2.40. The molecule has 0 aliphatic carbocycles. The van der Waals surface area contributed by atoms with Crippen molar-refractivity contribution in [1.82, 2.24) is 9.78 Å². The van der Waals surface area contributed by atoms with Crippen LogP contribution in [0.5, 0.6) is 0 Å². The van der Waals surface area contributed by atoms with Gasteiger partial charge in [-0.15, -0.1) is 0 Å². The highest BCUT2D eigenvalue weighted by Gasteiger charge is 2.19. The van der Waals surface area contributed by atoms with E-state index in [-0.39, 0.29) is 5.82 Å². The molecule has 0 amide bonds. The zero-order valence-electron chi connectivity index (χ0n) is 12.2. The summed E-state index contributed by atoms with van der Waals surface area (Å²) in [5.74, 6) is 0.622. The van der Waals surface area contributed by atoms with Gasteiger partial charge in [-0.1, -0.05) is 13.3 Å². The van der Waals surface area contributed by atoms with Crippen LogP contribution in [0.4, 0.5) is 21.6 Å². The third-order valence-corrected chi connectivity index (χ3v) is 3.33. The van der Waals surface area contributed by atoms with E-state index in [0.717, 1.165) is 36.6 Å². The molecule has 1 aromatic heterocycles. The average molecular weight is 276 g/mol. The lowest BCUT2D eigenvalue weighted by atomic mass is 10.2. The molecule has 0 unspecified atom stereocenters. The van der Waals surface area contributed by atoms with Crippen molar-refractivity contribution in [2.75, 3.05) is 17.2 Å². The second kappa shape index (κ2) is 5.94. The number of aryl methyl sites for hydroxylation is 2. The Morgan fingerprint density at radius 2 is 1.90 bits per heavy atom. The predicted molar refractivity (Wildman–Crippen MR) is 80.7 cm³/mol. The second-order valence-corrected chi connectivity index (χ2v) is 4.78. The van der Waals surface area contributed by atoms with Gasteiger partial charge in [0.25, 0.3) is 0 Å². The molecule has 4 nitrogen and oxygen atoms in total. The van der Waals surface area contributed by atoms with E-state index >= 15 is 0 Å². The smallest absolute Gasteiger partial charge is 0.154 e. The molecule has 0 bridgehead atoms. The number of benzene rings is 1. The molecule has 0 spiro atoms. The van der Waals surface area contributed by atoms with Crippen LogP contribution in [0.15, 0.2) is 24.3 Å². The molecular formula is C15H21FN4. The SMILES string of the molecule is CCCc1nn(C)c(N(CC)c2ccc(F)cc2)c1N. The molecule has 20 heavy (non-hydrogen) atoms. The molecule has 1 aromatic carbocycles. The van der Waals surface area contributed by atoms with Gasteiger partial charge in [0, 0.05) is 19.3 Å². The van der Waals surface area contributed by atoms with Crippen LogP contribution in [0.1, 0.15) is 26.0 Å². The van der Waals surface area contributed by atoms with Gasteiger partial charge in [-0.05, 0) is 37.6 Å². The molecule has 2 aromatic rings. The van der Waals surface area contributed by atoms with E-state index in [1.165, 1.54) is 12.1 Å². The van der Waals surface area contributed by atoms with Crippen molar-refractivity contribution in [1.29, 1.82) is 0 Å². The largest absolute Gasteiger partial charge is 0.394 e. The number of nitrogen functional groups attached to an aromatic ring is 1. The van der Waals surface area contributed by atoms with E-state index in [1.54, 1.807) is 16.8 Å². The summed E-state index contributed by atoms with van der Waals surface area (Å²) in [6.45, 7) is 4.88. The Bertz CT molecular complexity index is 574. The monoisotopic (exact) mass is 276 g/mol. The van der Waals surface area contributed by atoms with E-state index in [4.69, 9.17) is 5.73 Å². The second-order valence-electron chi connectivity index (χ2n) is 4.78. The molecule has 0 radical (unpaired) electrons. The van der Waals surface area contributed by atoms with Crippen molar-refractivity contribution in [3.05, 3.63) is 35.8 Å². The average Bonchev–Trinajstić information content (AvgIpc) is 2.70. The van der Waals surface area contributed by atoms with Crippen molar-refractivity contribution >= 4 is 17.2 Å². The van der Waals surface area contributed by atoms with Crippen LogP contribution in [-0.2, 0) is 13.5 Å². The van der Waals surface area contributed by atoms with Crippen molar-refractivity contribution < 1.29 is 4.39 Å². The predicted octanol–water partition coefficient (Wildman–Crippen LogP) is 3.25. The Hall–Kier alpha value is -2.04. The summed E-state index contributed by atoms with van der Waals surface area (Å²) in [5, 5.41) is 4.49. The van der Waals surface area contributed by atoms with Crippen molar-refractivity contribution in [3.8, 4) is 0 Å². The molecular weight excluding hydrogens is 255 g/mol. The van der Waals surface area contributed by atoms with Gasteiger partial charge < -0.3 is 10.6 Å². The Kier molecular flexibility index (Phi) is 4.27. The van der Waals surface area contributed by atoms with Gasteiger partial charge in [0.2, 0.25) is 0 Å². The minimum absolute atomic E-state index is 0.241. The van der Waals surface area contributed by atoms with E-state index in [9.17, 15) is 4.39 Å². The Morgan fingerprint density at radius 3 is 2.45 bits per heavy atom. The molecule has 5 heteroatoms. The van der Waals surface area contributed by atoms with Gasteiger partial charge in [0.15, 0.2) is 5.82 Å². The zero-order valence-corrected chi connectivity index (χ0v) is 12.2. The van der Waals surface area contributed by atoms with Crippen LogP contribution in [0.25, 0.3) is 0 Å². The van der Waals surface area contributed by atoms with Crippen LogP contribution in [0, 0.1) is 5.82 Å². The van der Waals surface area contributed by atoms with Gasteiger partial charge in [0.05, 0.1) is 11.4 Å². The lowest BCUT2D eigenvalue weighted by Gasteiger charge is -2.23. The number of anilines is 3. The maximum absolute atomic E-state index is 13.1. The summed E-state index contributed by atoms with van der Waals surface area (Å²) >= 11 is 0. The van der Waals surface area contributed by atoms with E-state index < -0.39 is 0 Å². The number of nitrogens with two attached hydrogens (primary N) is 1. The fourth-order valence-electron chi connectivity index (χ4n) is 2.40. The lowest BCUT2D eigenvalue weighted by Crippen LogP contribution is -2.20. The summed E-state index contributed by atoms with van der Waals surface area (Å²) in [6.07, 6.45) is 1.87. The molecule has 2 N–H and O–H groups in total. The first-order valence-electron chi connectivity index (χ1n) is 6.92. The van der Waals surface area contributed by atoms with Crippen molar-refractivity contribution in [2.24, 2.45) is 7.05 Å². The number of halogens is 1. The quantitative estimate of drug-likeness (QED) is 0.912.